The van der Waals surface area contributed by atoms with Crippen LogP contribution in [0.1, 0.15) is 20.3 Å². The van der Waals surface area contributed by atoms with Gasteiger partial charge in [0.25, 0.3) is 0 Å². The van der Waals surface area contributed by atoms with Crippen molar-refractivity contribution in [2.75, 3.05) is 5.88 Å². The monoisotopic (exact) mass is 169 g/mol. The van der Waals surface area contributed by atoms with E-state index in [4.69, 9.17) is 23.2 Å². The number of halogens is 2. The van der Waals surface area contributed by atoms with Crippen molar-refractivity contribution in [1.82, 2.24) is 0 Å². The first-order valence-electron chi connectivity index (χ1n) is 2.93. The standard InChI is InChI=1S/C6H11Cl2O/c1-5(2)3-6(8,9)4-7/h5H,3-4H2,1-2H3. The Morgan fingerprint density at radius 3 is 2.11 bits per heavy atom. The van der Waals surface area contributed by atoms with Gasteiger partial charge in [-0.05, 0) is 12.3 Å². The Morgan fingerprint density at radius 2 is 2.00 bits per heavy atom. The van der Waals surface area contributed by atoms with Crippen LogP contribution in [0.4, 0.5) is 0 Å². The highest BCUT2D eigenvalue weighted by Gasteiger charge is 2.25. The fourth-order valence-electron chi connectivity index (χ4n) is 0.664. The lowest BCUT2D eigenvalue weighted by atomic mass is 10.1. The van der Waals surface area contributed by atoms with Gasteiger partial charge < -0.3 is 0 Å². The van der Waals surface area contributed by atoms with Gasteiger partial charge in [-0.1, -0.05) is 25.4 Å². The zero-order valence-corrected chi connectivity index (χ0v) is 7.17. The molecule has 0 amide bonds. The minimum Gasteiger partial charge on any atom is -0.211 e. The van der Waals surface area contributed by atoms with Crippen molar-refractivity contribution in [3.63, 3.8) is 0 Å². The van der Waals surface area contributed by atoms with Crippen molar-refractivity contribution in [3.05, 3.63) is 0 Å². The molecule has 9 heavy (non-hydrogen) atoms. The van der Waals surface area contributed by atoms with Crippen molar-refractivity contribution in [2.24, 2.45) is 5.92 Å². The number of alkyl halides is 2. The van der Waals surface area contributed by atoms with Gasteiger partial charge in [0.2, 0.25) is 0 Å². The van der Waals surface area contributed by atoms with Crippen LogP contribution in [0.2, 0.25) is 0 Å². The Kier molecular flexibility index (Phi) is 3.86. The molecule has 0 aromatic rings. The van der Waals surface area contributed by atoms with Crippen LogP contribution >= 0.6 is 23.2 Å². The number of rotatable bonds is 3. The van der Waals surface area contributed by atoms with Gasteiger partial charge in [0, 0.05) is 0 Å². The Morgan fingerprint density at radius 1 is 1.56 bits per heavy atom. The largest absolute Gasteiger partial charge is 0.211 e. The summed E-state index contributed by atoms with van der Waals surface area (Å²) in [4.78, 5) is 0. The normalized spacial score (nSPS) is 18.0. The first-order chi connectivity index (χ1) is 3.98. The third kappa shape index (κ3) is 5.01. The second-order valence-corrected chi connectivity index (χ2v) is 3.57. The molecule has 55 valence electrons. The van der Waals surface area contributed by atoms with Crippen molar-refractivity contribution in [3.8, 4) is 0 Å². The average Bonchev–Trinajstić information content (AvgIpc) is 1.63. The van der Waals surface area contributed by atoms with Gasteiger partial charge in [0.15, 0.2) is 5.06 Å². The van der Waals surface area contributed by atoms with E-state index in [9.17, 15) is 5.11 Å². The number of hydrogen-bond donors (Lipinski definition) is 0. The molecule has 0 saturated heterocycles. The molecule has 0 aromatic heterocycles. The third-order valence-electron chi connectivity index (χ3n) is 0.913. The van der Waals surface area contributed by atoms with Gasteiger partial charge in [-0.25, -0.2) is 5.11 Å². The van der Waals surface area contributed by atoms with E-state index in [0.29, 0.717) is 12.3 Å². The summed E-state index contributed by atoms with van der Waals surface area (Å²) >= 11 is 10.7. The van der Waals surface area contributed by atoms with E-state index in [1.54, 1.807) is 0 Å². The van der Waals surface area contributed by atoms with Gasteiger partial charge in [-0.15, -0.1) is 11.6 Å². The first-order valence-corrected chi connectivity index (χ1v) is 3.84. The number of hydrogen-bond acceptors (Lipinski definition) is 0. The first kappa shape index (κ1) is 9.54. The zero-order valence-electron chi connectivity index (χ0n) is 5.66. The van der Waals surface area contributed by atoms with Crippen molar-refractivity contribution >= 4 is 23.2 Å². The molecular weight excluding hydrogens is 159 g/mol. The molecule has 0 fully saturated rings. The van der Waals surface area contributed by atoms with Crippen LogP contribution in [-0.4, -0.2) is 10.9 Å². The van der Waals surface area contributed by atoms with Crippen LogP contribution in [-0.2, 0) is 5.11 Å². The average molecular weight is 170 g/mol. The molecule has 0 spiro atoms. The summed E-state index contributed by atoms with van der Waals surface area (Å²) in [5, 5.41) is 9.47. The lowest BCUT2D eigenvalue weighted by Crippen LogP contribution is -2.22. The predicted octanol–water partition coefficient (Wildman–Crippen LogP) is 2.64. The molecule has 1 nitrogen and oxygen atoms in total. The van der Waals surface area contributed by atoms with Crippen LogP contribution in [0.25, 0.3) is 0 Å². The van der Waals surface area contributed by atoms with E-state index in [2.05, 4.69) is 0 Å². The SMILES string of the molecule is CC(C)CC([O])(Cl)CCl. The lowest BCUT2D eigenvalue weighted by molar-refractivity contribution is 0.0490. The van der Waals surface area contributed by atoms with Crippen LogP contribution < -0.4 is 0 Å². The minimum absolute atomic E-state index is 0.0211. The molecule has 0 N–H and O–H groups in total. The lowest BCUT2D eigenvalue weighted by Gasteiger charge is -2.16. The van der Waals surface area contributed by atoms with E-state index in [1.165, 1.54) is 0 Å². The fourth-order valence-corrected chi connectivity index (χ4v) is 1.08. The molecule has 1 atom stereocenters. The zero-order chi connectivity index (χ0) is 7.49. The van der Waals surface area contributed by atoms with E-state index < -0.39 is 5.06 Å². The van der Waals surface area contributed by atoms with Gasteiger partial charge in [0.05, 0.1) is 5.88 Å². The third-order valence-corrected chi connectivity index (χ3v) is 1.77. The Balaban J connectivity index is 3.58. The molecule has 0 rings (SSSR count). The van der Waals surface area contributed by atoms with E-state index >= 15 is 0 Å². The van der Waals surface area contributed by atoms with Crippen molar-refractivity contribution in [2.45, 2.75) is 25.3 Å². The van der Waals surface area contributed by atoms with E-state index in [-0.39, 0.29) is 5.88 Å². The molecule has 0 bridgehead atoms. The maximum Gasteiger partial charge on any atom is 0.190 e. The Labute approximate surface area is 66.0 Å². The maximum atomic E-state index is 10.9. The topological polar surface area (TPSA) is 19.9 Å². The second-order valence-electron chi connectivity index (χ2n) is 2.61. The predicted molar refractivity (Wildman–Crippen MR) is 39.4 cm³/mol. The van der Waals surface area contributed by atoms with Gasteiger partial charge in [-0.3, -0.25) is 0 Å². The minimum atomic E-state index is -1.45. The van der Waals surface area contributed by atoms with Gasteiger partial charge in [-0.2, -0.15) is 0 Å². The van der Waals surface area contributed by atoms with E-state index in [1.807, 2.05) is 13.8 Å². The molecule has 0 aliphatic rings. The van der Waals surface area contributed by atoms with Gasteiger partial charge in [0.1, 0.15) is 0 Å². The maximum absolute atomic E-state index is 10.9. The Hall–Kier alpha value is 0.540. The summed E-state index contributed by atoms with van der Waals surface area (Å²) in [5.41, 5.74) is 0. The summed E-state index contributed by atoms with van der Waals surface area (Å²) in [6.07, 6.45) is 0.429. The fraction of sp³-hybridized carbons (Fsp3) is 1.00. The van der Waals surface area contributed by atoms with Crippen molar-refractivity contribution < 1.29 is 5.11 Å². The summed E-state index contributed by atoms with van der Waals surface area (Å²) in [5.74, 6) is 0.297. The van der Waals surface area contributed by atoms with Crippen LogP contribution in [0, 0.1) is 5.92 Å². The summed E-state index contributed by atoms with van der Waals surface area (Å²) < 4.78 is 0. The molecule has 0 aliphatic heterocycles. The van der Waals surface area contributed by atoms with Crippen LogP contribution in [0.5, 0.6) is 0 Å². The quantitative estimate of drug-likeness (QED) is 0.580. The highest BCUT2D eigenvalue weighted by molar-refractivity contribution is 6.29. The van der Waals surface area contributed by atoms with Crippen LogP contribution in [0.15, 0.2) is 0 Å². The molecule has 1 radical (unpaired) electrons. The van der Waals surface area contributed by atoms with Gasteiger partial charge >= 0.3 is 0 Å². The summed E-state index contributed by atoms with van der Waals surface area (Å²) in [7, 11) is 0. The van der Waals surface area contributed by atoms with Crippen molar-refractivity contribution in [1.29, 1.82) is 0 Å². The molecule has 0 heterocycles. The van der Waals surface area contributed by atoms with Crippen LogP contribution in [0.3, 0.4) is 0 Å². The smallest absolute Gasteiger partial charge is 0.190 e. The highest BCUT2D eigenvalue weighted by Crippen LogP contribution is 2.23. The summed E-state index contributed by atoms with van der Waals surface area (Å²) in [6.45, 7) is 3.89. The molecule has 1 unspecified atom stereocenters. The molecule has 0 aliphatic carbocycles. The molecular formula is C6H11Cl2O. The second kappa shape index (κ2) is 3.65. The highest BCUT2D eigenvalue weighted by atomic mass is 35.5. The van der Waals surface area contributed by atoms with E-state index in [0.717, 1.165) is 0 Å². The molecule has 0 aromatic carbocycles. The summed E-state index contributed by atoms with van der Waals surface area (Å²) in [6, 6.07) is 0. The molecule has 3 heteroatoms. The Bertz CT molecular complexity index is 81.1. The molecule has 0 saturated carbocycles.